The number of likely N-dealkylation sites (N-methyl/N-ethyl adjacent to an activating group) is 1. The van der Waals surface area contributed by atoms with Crippen LogP contribution in [0, 0.1) is 11.3 Å². The van der Waals surface area contributed by atoms with E-state index in [4.69, 9.17) is 5.73 Å². The fourth-order valence-electron chi connectivity index (χ4n) is 2.64. The largest absolute Gasteiger partial charge is 0.327 e. The summed E-state index contributed by atoms with van der Waals surface area (Å²) in [7, 11) is 0. The molecule has 0 aromatic carbocycles. The third-order valence-electron chi connectivity index (χ3n) is 3.43. The summed E-state index contributed by atoms with van der Waals surface area (Å²) in [5, 5.41) is 0. The topological polar surface area (TPSA) is 29.3 Å². The van der Waals surface area contributed by atoms with Crippen molar-refractivity contribution < 1.29 is 0 Å². The maximum Gasteiger partial charge on any atom is 0.0292 e. The zero-order valence-corrected chi connectivity index (χ0v) is 12.4. The molecule has 16 heavy (non-hydrogen) atoms. The second kappa shape index (κ2) is 6.61. The maximum absolute atomic E-state index is 6.17. The first-order valence-corrected chi connectivity index (χ1v) is 6.73. The Hall–Kier alpha value is -0.0800. The van der Waals surface area contributed by atoms with Crippen molar-refractivity contribution in [3.8, 4) is 0 Å². The van der Waals surface area contributed by atoms with Crippen molar-refractivity contribution in [2.24, 2.45) is 17.1 Å². The van der Waals surface area contributed by atoms with E-state index in [0.29, 0.717) is 6.04 Å². The Labute approximate surface area is 103 Å². The minimum atomic E-state index is 0.226. The van der Waals surface area contributed by atoms with Gasteiger partial charge >= 0.3 is 0 Å². The van der Waals surface area contributed by atoms with E-state index in [1.54, 1.807) is 0 Å². The normalized spacial score (nSPS) is 18.6. The molecule has 2 N–H and O–H groups in total. The van der Waals surface area contributed by atoms with Crippen LogP contribution < -0.4 is 5.73 Å². The monoisotopic (exact) mass is 228 g/mol. The van der Waals surface area contributed by atoms with E-state index in [0.717, 1.165) is 19.0 Å². The minimum absolute atomic E-state index is 0.226. The van der Waals surface area contributed by atoms with E-state index < -0.39 is 0 Å². The van der Waals surface area contributed by atoms with E-state index in [2.05, 4.69) is 53.4 Å². The summed E-state index contributed by atoms with van der Waals surface area (Å²) in [4.78, 5) is 2.55. The fourth-order valence-corrected chi connectivity index (χ4v) is 2.64. The van der Waals surface area contributed by atoms with Gasteiger partial charge in [0.1, 0.15) is 0 Å². The molecular weight excluding hydrogens is 196 g/mol. The molecule has 0 amide bonds. The molecular formula is C14H32N2. The number of nitrogens with two attached hydrogens (primary N) is 1. The van der Waals surface area contributed by atoms with Crippen molar-refractivity contribution in [2.45, 2.75) is 67.0 Å². The molecule has 0 spiro atoms. The molecule has 0 rings (SSSR count). The van der Waals surface area contributed by atoms with Gasteiger partial charge in [-0.2, -0.15) is 0 Å². The molecule has 0 aliphatic rings. The zero-order chi connectivity index (χ0) is 12.9. The lowest BCUT2D eigenvalue weighted by molar-refractivity contribution is 0.0736. The molecule has 2 nitrogen and oxygen atoms in total. The van der Waals surface area contributed by atoms with Crippen LogP contribution in [0.5, 0.6) is 0 Å². The van der Waals surface area contributed by atoms with E-state index in [-0.39, 0.29) is 11.5 Å². The number of nitrogens with zero attached hydrogens (tertiary/aromatic N) is 1. The SMILES string of the molecule is CCC(C)CN(CC)C(C(C)N)C(C)(C)C. The molecule has 0 aromatic rings. The lowest BCUT2D eigenvalue weighted by atomic mass is 9.81. The molecule has 0 aromatic heterocycles. The molecule has 0 fully saturated rings. The number of rotatable bonds is 6. The first-order valence-electron chi connectivity index (χ1n) is 6.73. The third kappa shape index (κ3) is 4.84. The lowest BCUT2D eigenvalue weighted by Crippen LogP contribution is -2.54. The summed E-state index contributed by atoms with van der Waals surface area (Å²) in [6.45, 7) is 18.1. The summed E-state index contributed by atoms with van der Waals surface area (Å²) in [5.74, 6) is 0.753. The van der Waals surface area contributed by atoms with Crippen LogP contribution in [0.15, 0.2) is 0 Å². The van der Waals surface area contributed by atoms with Crippen LogP contribution in [-0.2, 0) is 0 Å². The molecule has 0 heterocycles. The van der Waals surface area contributed by atoms with Crippen molar-refractivity contribution >= 4 is 0 Å². The van der Waals surface area contributed by atoms with Gasteiger partial charge in [0.25, 0.3) is 0 Å². The second-order valence-electron chi connectivity index (χ2n) is 6.27. The summed E-state index contributed by atoms with van der Waals surface area (Å²) < 4.78 is 0. The van der Waals surface area contributed by atoms with Crippen molar-refractivity contribution in [2.75, 3.05) is 13.1 Å². The number of hydrogen-bond acceptors (Lipinski definition) is 2. The Kier molecular flexibility index (Phi) is 6.57. The van der Waals surface area contributed by atoms with Gasteiger partial charge in [0.05, 0.1) is 0 Å². The molecule has 0 aliphatic carbocycles. The summed E-state index contributed by atoms with van der Waals surface area (Å²) >= 11 is 0. The minimum Gasteiger partial charge on any atom is -0.327 e. The van der Waals surface area contributed by atoms with Gasteiger partial charge in [-0.05, 0) is 24.8 Å². The van der Waals surface area contributed by atoms with Crippen LogP contribution in [0.3, 0.4) is 0 Å². The van der Waals surface area contributed by atoms with E-state index in [1.165, 1.54) is 6.42 Å². The van der Waals surface area contributed by atoms with Gasteiger partial charge in [-0.25, -0.2) is 0 Å². The van der Waals surface area contributed by atoms with Gasteiger partial charge in [-0.1, -0.05) is 48.0 Å². The van der Waals surface area contributed by atoms with Crippen molar-refractivity contribution in [1.82, 2.24) is 4.90 Å². The molecule has 0 radical (unpaired) electrons. The highest BCUT2D eigenvalue weighted by molar-refractivity contribution is 4.89. The van der Waals surface area contributed by atoms with Gasteiger partial charge in [0, 0.05) is 18.6 Å². The Morgan fingerprint density at radius 2 is 1.62 bits per heavy atom. The standard InChI is InChI=1S/C14H32N2/c1-8-11(3)10-16(9-2)13(12(4)15)14(5,6)7/h11-13H,8-10,15H2,1-7H3. The average Bonchev–Trinajstić information content (AvgIpc) is 2.13. The van der Waals surface area contributed by atoms with Gasteiger partial charge in [-0.15, -0.1) is 0 Å². The Morgan fingerprint density at radius 3 is 1.88 bits per heavy atom. The quantitative estimate of drug-likeness (QED) is 0.757. The van der Waals surface area contributed by atoms with Gasteiger partial charge < -0.3 is 5.73 Å². The first kappa shape index (κ1) is 15.9. The van der Waals surface area contributed by atoms with E-state index in [9.17, 15) is 0 Å². The van der Waals surface area contributed by atoms with Crippen LogP contribution >= 0.6 is 0 Å². The highest BCUT2D eigenvalue weighted by atomic mass is 15.2. The predicted octanol–water partition coefficient (Wildman–Crippen LogP) is 3.12. The molecule has 0 saturated carbocycles. The maximum atomic E-state index is 6.17. The van der Waals surface area contributed by atoms with Crippen molar-refractivity contribution in [1.29, 1.82) is 0 Å². The summed E-state index contributed by atoms with van der Waals surface area (Å²) in [5.41, 5.74) is 6.42. The first-order chi connectivity index (χ1) is 7.23. The van der Waals surface area contributed by atoms with Crippen LogP contribution in [0.25, 0.3) is 0 Å². The van der Waals surface area contributed by atoms with Crippen LogP contribution in [0.4, 0.5) is 0 Å². The van der Waals surface area contributed by atoms with Gasteiger partial charge in [0.15, 0.2) is 0 Å². The Balaban J connectivity index is 4.73. The highest BCUT2D eigenvalue weighted by Crippen LogP contribution is 2.27. The number of hydrogen-bond donors (Lipinski definition) is 1. The molecule has 0 bridgehead atoms. The highest BCUT2D eigenvalue weighted by Gasteiger charge is 2.32. The average molecular weight is 228 g/mol. The smallest absolute Gasteiger partial charge is 0.0292 e. The molecule has 2 heteroatoms. The van der Waals surface area contributed by atoms with Crippen LogP contribution in [0.1, 0.15) is 54.9 Å². The fraction of sp³-hybridized carbons (Fsp3) is 1.00. The van der Waals surface area contributed by atoms with E-state index >= 15 is 0 Å². The predicted molar refractivity (Wildman–Crippen MR) is 73.6 cm³/mol. The summed E-state index contributed by atoms with van der Waals surface area (Å²) in [6, 6.07) is 0.690. The third-order valence-corrected chi connectivity index (χ3v) is 3.43. The van der Waals surface area contributed by atoms with E-state index in [1.807, 2.05) is 0 Å². The van der Waals surface area contributed by atoms with Gasteiger partial charge in [-0.3, -0.25) is 4.90 Å². The lowest BCUT2D eigenvalue weighted by Gasteiger charge is -2.43. The Morgan fingerprint density at radius 1 is 1.12 bits per heavy atom. The molecule has 3 unspecified atom stereocenters. The Bertz CT molecular complexity index is 182. The summed E-state index contributed by atoms with van der Waals surface area (Å²) in [6.07, 6.45) is 1.24. The molecule has 98 valence electrons. The second-order valence-corrected chi connectivity index (χ2v) is 6.27. The van der Waals surface area contributed by atoms with Crippen LogP contribution in [-0.4, -0.2) is 30.1 Å². The zero-order valence-electron chi connectivity index (χ0n) is 12.4. The van der Waals surface area contributed by atoms with Crippen molar-refractivity contribution in [3.63, 3.8) is 0 Å². The molecule has 0 saturated heterocycles. The van der Waals surface area contributed by atoms with Crippen LogP contribution in [0.2, 0.25) is 0 Å². The molecule has 0 aliphatic heterocycles. The molecule has 3 atom stereocenters. The van der Waals surface area contributed by atoms with Crippen molar-refractivity contribution in [3.05, 3.63) is 0 Å². The van der Waals surface area contributed by atoms with Gasteiger partial charge in [0.2, 0.25) is 0 Å².